The highest BCUT2D eigenvalue weighted by Crippen LogP contribution is 2.10. The number of guanidine groups is 1. The number of hydrogen-bond donors (Lipinski definition) is 2. The maximum atomic E-state index is 4.59. The van der Waals surface area contributed by atoms with E-state index in [-0.39, 0.29) is 0 Å². The van der Waals surface area contributed by atoms with Gasteiger partial charge < -0.3 is 10.6 Å². The molecule has 0 aliphatic heterocycles. The molecule has 1 aromatic rings. The second-order valence-corrected chi connectivity index (χ2v) is 6.81. The molecule has 0 bridgehead atoms. The number of thioether (sulfide) groups is 1. The van der Waals surface area contributed by atoms with Gasteiger partial charge in [-0.05, 0) is 38.7 Å². The molecular weight excluding hydrogens is 288 g/mol. The Morgan fingerprint density at radius 2 is 2.25 bits per heavy atom. The Balaban J connectivity index is 2.25. The molecule has 0 atom stereocenters. The van der Waals surface area contributed by atoms with Gasteiger partial charge in [-0.25, -0.2) is 4.98 Å². The highest BCUT2D eigenvalue weighted by Gasteiger charge is 2.00. The van der Waals surface area contributed by atoms with E-state index >= 15 is 0 Å². The largest absolute Gasteiger partial charge is 0.357 e. The van der Waals surface area contributed by atoms with Gasteiger partial charge in [0.1, 0.15) is 0 Å². The number of rotatable bonds is 9. The van der Waals surface area contributed by atoms with Crippen LogP contribution >= 0.6 is 23.1 Å². The van der Waals surface area contributed by atoms with Gasteiger partial charge >= 0.3 is 0 Å². The third kappa shape index (κ3) is 7.75. The fraction of sp³-hybridized carbons (Fsp3) is 0.714. The molecule has 2 N–H and O–H groups in total. The number of aromatic nitrogens is 1. The SMILES string of the molecule is CCNC(=NCCCCSC)NCCc1ncc(C)s1. The number of hydrogen-bond acceptors (Lipinski definition) is 4. The molecule has 0 unspecified atom stereocenters. The van der Waals surface area contributed by atoms with Crippen LogP contribution in [-0.4, -0.2) is 42.6 Å². The number of aryl methyl sites for hydroxylation is 1. The molecule has 0 aliphatic rings. The zero-order chi connectivity index (χ0) is 14.6. The van der Waals surface area contributed by atoms with Gasteiger partial charge in [-0.15, -0.1) is 11.3 Å². The Morgan fingerprint density at radius 3 is 2.90 bits per heavy atom. The van der Waals surface area contributed by atoms with Gasteiger partial charge in [0.15, 0.2) is 5.96 Å². The van der Waals surface area contributed by atoms with Gasteiger partial charge in [0.2, 0.25) is 0 Å². The monoisotopic (exact) mass is 314 g/mol. The summed E-state index contributed by atoms with van der Waals surface area (Å²) in [6, 6.07) is 0. The predicted molar refractivity (Wildman–Crippen MR) is 92.2 cm³/mol. The van der Waals surface area contributed by atoms with Crippen molar-refractivity contribution < 1.29 is 0 Å². The first-order valence-corrected chi connectivity index (χ1v) is 9.39. The minimum Gasteiger partial charge on any atom is -0.357 e. The van der Waals surface area contributed by atoms with Crippen LogP contribution in [-0.2, 0) is 6.42 Å². The van der Waals surface area contributed by atoms with Crippen LogP contribution in [0, 0.1) is 6.92 Å². The summed E-state index contributed by atoms with van der Waals surface area (Å²) < 4.78 is 0. The first-order valence-electron chi connectivity index (χ1n) is 7.18. The number of thiazole rings is 1. The molecule has 0 amide bonds. The fourth-order valence-corrected chi connectivity index (χ4v) is 2.98. The summed E-state index contributed by atoms with van der Waals surface area (Å²) in [7, 11) is 0. The average Bonchev–Trinajstić information content (AvgIpc) is 2.84. The lowest BCUT2D eigenvalue weighted by Gasteiger charge is -2.10. The second kappa shape index (κ2) is 11.0. The van der Waals surface area contributed by atoms with E-state index in [1.165, 1.54) is 22.1 Å². The van der Waals surface area contributed by atoms with Crippen LogP contribution in [0.25, 0.3) is 0 Å². The van der Waals surface area contributed by atoms with E-state index < -0.39 is 0 Å². The van der Waals surface area contributed by atoms with Crippen LogP contribution in [0.2, 0.25) is 0 Å². The smallest absolute Gasteiger partial charge is 0.191 e. The molecule has 0 aliphatic carbocycles. The molecule has 0 saturated heterocycles. The van der Waals surface area contributed by atoms with Gasteiger partial charge in [0.25, 0.3) is 0 Å². The summed E-state index contributed by atoms with van der Waals surface area (Å²) in [6.45, 7) is 6.85. The maximum Gasteiger partial charge on any atom is 0.191 e. The van der Waals surface area contributed by atoms with Crippen molar-refractivity contribution >= 4 is 29.1 Å². The van der Waals surface area contributed by atoms with Gasteiger partial charge in [-0.1, -0.05) is 0 Å². The molecule has 1 heterocycles. The molecule has 0 fully saturated rings. The molecule has 114 valence electrons. The van der Waals surface area contributed by atoms with E-state index in [2.05, 4.69) is 40.7 Å². The quantitative estimate of drug-likeness (QED) is 0.418. The average molecular weight is 315 g/mol. The third-order valence-electron chi connectivity index (χ3n) is 2.67. The lowest BCUT2D eigenvalue weighted by molar-refractivity contribution is 0.769. The van der Waals surface area contributed by atoms with Crippen molar-refractivity contribution in [3.05, 3.63) is 16.1 Å². The zero-order valence-corrected chi connectivity index (χ0v) is 14.4. The van der Waals surface area contributed by atoms with E-state index in [0.717, 1.165) is 38.4 Å². The van der Waals surface area contributed by atoms with Crippen LogP contribution in [0.15, 0.2) is 11.2 Å². The molecule has 1 rings (SSSR count). The van der Waals surface area contributed by atoms with Crippen LogP contribution in [0.3, 0.4) is 0 Å². The minimum atomic E-state index is 0.879. The summed E-state index contributed by atoms with van der Waals surface area (Å²) in [4.78, 5) is 10.2. The first kappa shape index (κ1) is 17.3. The van der Waals surface area contributed by atoms with Crippen molar-refractivity contribution in [2.75, 3.05) is 31.6 Å². The molecule has 0 saturated carbocycles. The molecular formula is C14H26N4S2. The van der Waals surface area contributed by atoms with Crippen LogP contribution in [0.5, 0.6) is 0 Å². The van der Waals surface area contributed by atoms with Crippen molar-refractivity contribution in [1.82, 2.24) is 15.6 Å². The molecule has 20 heavy (non-hydrogen) atoms. The summed E-state index contributed by atoms with van der Waals surface area (Å²) in [5, 5.41) is 7.84. The van der Waals surface area contributed by atoms with Crippen LogP contribution < -0.4 is 10.6 Å². The van der Waals surface area contributed by atoms with Crippen molar-refractivity contribution in [2.45, 2.75) is 33.1 Å². The van der Waals surface area contributed by atoms with Crippen molar-refractivity contribution in [2.24, 2.45) is 4.99 Å². The lowest BCUT2D eigenvalue weighted by atomic mass is 10.3. The van der Waals surface area contributed by atoms with E-state index in [9.17, 15) is 0 Å². The summed E-state index contributed by atoms with van der Waals surface area (Å²) in [6.07, 6.45) is 7.43. The summed E-state index contributed by atoms with van der Waals surface area (Å²) in [5.41, 5.74) is 0. The van der Waals surface area contributed by atoms with Gasteiger partial charge in [0, 0.05) is 37.1 Å². The fourth-order valence-electron chi connectivity index (χ4n) is 1.70. The Hall–Kier alpha value is -0.750. The van der Waals surface area contributed by atoms with E-state index in [1.54, 1.807) is 11.3 Å². The number of aliphatic imine (C=N–C) groups is 1. The Kier molecular flexibility index (Phi) is 9.49. The van der Waals surface area contributed by atoms with Gasteiger partial charge in [0.05, 0.1) is 5.01 Å². The molecule has 1 aromatic heterocycles. The van der Waals surface area contributed by atoms with Crippen molar-refractivity contribution in [3.8, 4) is 0 Å². The molecule has 6 heteroatoms. The van der Waals surface area contributed by atoms with Crippen LogP contribution in [0.4, 0.5) is 0 Å². The number of unbranched alkanes of at least 4 members (excludes halogenated alkanes) is 1. The van der Waals surface area contributed by atoms with Gasteiger partial charge in [-0.3, -0.25) is 4.99 Å². The van der Waals surface area contributed by atoms with Crippen molar-refractivity contribution in [3.63, 3.8) is 0 Å². The molecule has 0 radical (unpaired) electrons. The standard InChI is InChI=1S/C14H26N4S2/c1-4-15-14(16-8-5-6-10-19-3)17-9-7-13-18-11-12(2)20-13/h11H,4-10H2,1-3H3,(H2,15,16,17). The second-order valence-electron chi connectivity index (χ2n) is 4.50. The first-order chi connectivity index (χ1) is 9.76. The van der Waals surface area contributed by atoms with Gasteiger partial charge in [-0.2, -0.15) is 11.8 Å². The summed E-state index contributed by atoms with van der Waals surface area (Å²) >= 11 is 3.66. The van der Waals surface area contributed by atoms with Crippen molar-refractivity contribution in [1.29, 1.82) is 0 Å². The Morgan fingerprint density at radius 1 is 1.40 bits per heavy atom. The Bertz CT molecular complexity index is 390. The lowest BCUT2D eigenvalue weighted by Crippen LogP contribution is -2.38. The third-order valence-corrected chi connectivity index (χ3v) is 4.34. The predicted octanol–water partition coefficient (Wildman–Crippen LogP) is 2.69. The highest BCUT2D eigenvalue weighted by molar-refractivity contribution is 7.98. The van der Waals surface area contributed by atoms with E-state index in [4.69, 9.17) is 0 Å². The molecule has 0 aromatic carbocycles. The summed E-state index contributed by atoms with van der Waals surface area (Å²) in [5.74, 6) is 2.15. The molecule has 0 spiro atoms. The highest BCUT2D eigenvalue weighted by atomic mass is 32.2. The number of nitrogens with zero attached hydrogens (tertiary/aromatic N) is 2. The normalized spacial score (nSPS) is 11.7. The van der Waals surface area contributed by atoms with E-state index in [1.807, 2.05) is 18.0 Å². The number of nitrogens with one attached hydrogen (secondary N) is 2. The Labute approximate surface area is 130 Å². The molecule has 4 nitrogen and oxygen atoms in total. The zero-order valence-electron chi connectivity index (χ0n) is 12.7. The topological polar surface area (TPSA) is 49.3 Å². The maximum absolute atomic E-state index is 4.59. The van der Waals surface area contributed by atoms with E-state index in [0.29, 0.717) is 0 Å². The van der Waals surface area contributed by atoms with Crippen LogP contribution in [0.1, 0.15) is 29.7 Å². The minimum absolute atomic E-state index is 0.879.